The number of likely N-dealkylation sites (N-methyl/N-ethyl adjacent to an activating group) is 1. The van der Waals surface area contributed by atoms with Crippen LogP contribution < -0.4 is 0 Å². The minimum atomic E-state index is -3.95. The fourth-order valence-corrected chi connectivity index (χ4v) is 5.13. The van der Waals surface area contributed by atoms with Gasteiger partial charge in [-0.2, -0.15) is 4.31 Å². The van der Waals surface area contributed by atoms with Gasteiger partial charge in [0.2, 0.25) is 10.0 Å². The van der Waals surface area contributed by atoms with Gasteiger partial charge in [-0.15, -0.1) is 0 Å². The van der Waals surface area contributed by atoms with Crippen molar-refractivity contribution in [2.75, 3.05) is 33.3 Å². The van der Waals surface area contributed by atoms with Crippen LogP contribution in [0.25, 0.3) is 0 Å². The second-order valence-electron chi connectivity index (χ2n) is 5.66. The first-order chi connectivity index (χ1) is 10.4. The van der Waals surface area contributed by atoms with Crippen LogP contribution >= 0.6 is 11.6 Å². The van der Waals surface area contributed by atoms with Crippen molar-refractivity contribution in [2.45, 2.75) is 23.5 Å². The van der Waals surface area contributed by atoms with Gasteiger partial charge in [-0.05, 0) is 25.6 Å². The number of benzene rings is 1. The summed E-state index contributed by atoms with van der Waals surface area (Å²) < 4.78 is 46.5. The van der Waals surface area contributed by atoms with E-state index in [4.69, 9.17) is 16.3 Å². The van der Waals surface area contributed by atoms with E-state index in [9.17, 15) is 12.8 Å². The molecule has 3 rings (SSSR count). The minimum Gasteiger partial charge on any atom is -0.375 e. The Labute approximate surface area is 134 Å². The van der Waals surface area contributed by atoms with E-state index in [0.717, 1.165) is 12.6 Å². The SMILES string of the molecule is CN1CCO[C@H]2CCN(S(=O)(=O)c3c(F)cccc3Cl)C[C@@H]21. The van der Waals surface area contributed by atoms with Crippen LogP contribution in [0.3, 0.4) is 0 Å². The molecule has 0 saturated carbocycles. The fourth-order valence-electron chi connectivity index (χ4n) is 3.09. The van der Waals surface area contributed by atoms with E-state index in [2.05, 4.69) is 4.90 Å². The lowest BCUT2D eigenvalue weighted by Crippen LogP contribution is -2.59. The normalized spacial score (nSPS) is 27.6. The Hall–Kier alpha value is -0.730. The standard InChI is InChI=1S/C14H18ClFN2O3S/c1-17-7-8-21-13-5-6-18(9-12(13)17)22(19,20)14-10(15)3-2-4-11(14)16/h2-4,12-13H,5-9H2,1H3/t12-,13-/m0/s1. The third-order valence-electron chi connectivity index (χ3n) is 4.34. The van der Waals surface area contributed by atoms with Gasteiger partial charge in [-0.25, -0.2) is 12.8 Å². The average Bonchev–Trinajstić information content (AvgIpc) is 2.47. The Bertz CT molecular complexity index is 650. The van der Waals surface area contributed by atoms with Crippen molar-refractivity contribution in [2.24, 2.45) is 0 Å². The molecule has 122 valence electrons. The van der Waals surface area contributed by atoms with Crippen molar-refractivity contribution in [1.82, 2.24) is 9.21 Å². The minimum absolute atomic E-state index is 0.0113. The molecule has 0 aliphatic carbocycles. The molecule has 2 aliphatic heterocycles. The van der Waals surface area contributed by atoms with Gasteiger partial charge >= 0.3 is 0 Å². The molecule has 2 atom stereocenters. The summed E-state index contributed by atoms with van der Waals surface area (Å²) in [6, 6.07) is 3.88. The summed E-state index contributed by atoms with van der Waals surface area (Å²) in [5, 5.41) is -0.0876. The largest absolute Gasteiger partial charge is 0.375 e. The van der Waals surface area contributed by atoms with Gasteiger partial charge in [-0.3, -0.25) is 4.90 Å². The van der Waals surface area contributed by atoms with E-state index in [1.54, 1.807) is 0 Å². The Balaban J connectivity index is 1.90. The average molecular weight is 349 g/mol. The molecule has 2 heterocycles. The maximum atomic E-state index is 14.0. The summed E-state index contributed by atoms with van der Waals surface area (Å²) in [5.41, 5.74) is 0. The zero-order chi connectivity index (χ0) is 15.9. The zero-order valence-corrected chi connectivity index (χ0v) is 13.8. The van der Waals surface area contributed by atoms with Crippen LogP contribution in [0.4, 0.5) is 4.39 Å². The van der Waals surface area contributed by atoms with Gasteiger partial charge in [0.15, 0.2) is 0 Å². The molecule has 22 heavy (non-hydrogen) atoms. The number of morpholine rings is 1. The summed E-state index contributed by atoms with van der Waals surface area (Å²) in [6.07, 6.45) is 0.627. The summed E-state index contributed by atoms with van der Waals surface area (Å²) in [7, 11) is -2.00. The molecule has 0 amide bonds. The highest BCUT2D eigenvalue weighted by Crippen LogP contribution is 2.31. The molecule has 2 fully saturated rings. The van der Waals surface area contributed by atoms with E-state index < -0.39 is 20.7 Å². The Morgan fingerprint density at radius 3 is 2.86 bits per heavy atom. The molecule has 0 aromatic heterocycles. The maximum absolute atomic E-state index is 14.0. The predicted molar refractivity (Wildman–Crippen MR) is 80.9 cm³/mol. The summed E-state index contributed by atoms with van der Waals surface area (Å²) in [6.45, 7) is 2.01. The molecular formula is C14H18ClFN2O3S. The topological polar surface area (TPSA) is 49.9 Å². The number of ether oxygens (including phenoxy) is 1. The number of halogens is 2. The van der Waals surface area contributed by atoms with Crippen molar-refractivity contribution in [3.63, 3.8) is 0 Å². The highest BCUT2D eigenvalue weighted by Gasteiger charge is 2.41. The van der Waals surface area contributed by atoms with E-state index in [1.165, 1.54) is 16.4 Å². The molecule has 0 bridgehead atoms. The summed E-state index contributed by atoms with van der Waals surface area (Å²) >= 11 is 5.92. The van der Waals surface area contributed by atoms with E-state index >= 15 is 0 Å². The summed E-state index contributed by atoms with van der Waals surface area (Å²) in [4.78, 5) is 1.66. The molecule has 0 N–H and O–H groups in total. The van der Waals surface area contributed by atoms with Crippen molar-refractivity contribution >= 4 is 21.6 Å². The van der Waals surface area contributed by atoms with Crippen molar-refractivity contribution in [1.29, 1.82) is 0 Å². The lowest BCUT2D eigenvalue weighted by atomic mass is 10.0. The smallest absolute Gasteiger partial charge is 0.247 e. The van der Waals surface area contributed by atoms with Crippen molar-refractivity contribution in [3.8, 4) is 0 Å². The van der Waals surface area contributed by atoms with Crippen LogP contribution in [0.5, 0.6) is 0 Å². The van der Waals surface area contributed by atoms with Crippen molar-refractivity contribution in [3.05, 3.63) is 29.0 Å². The van der Waals surface area contributed by atoms with Crippen LogP contribution in [0.15, 0.2) is 23.1 Å². The number of fused-ring (bicyclic) bond motifs is 1. The Morgan fingerprint density at radius 2 is 2.14 bits per heavy atom. The van der Waals surface area contributed by atoms with E-state index in [-0.39, 0.29) is 23.7 Å². The molecule has 0 spiro atoms. The molecule has 1 aromatic rings. The second kappa shape index (κ2) is 6.05. The molecular weight excluding hydrogens is 331 g/mol. The maximum Gasteiger partial charge on any atom is 0.247 e. The molecule has 0 unspecified atom stereocenters. The zero-order valence-electron chi connectivity index (χ0n) is 12.2. The van der Waals surface area contributed by atoms with Crippen LogP contribution in [-0.2, 0) is 14.8 Å². The van der Waals surface area contributed by atoms with Crippen LogP contribution in [0.2, 0.25) is 5.02 Å². The lowest BCUT2D eigenvalue weighted by Gasteiger charge is -2.45. The van der Waals surface area contributed by atoms with Gasteiger partial charge in [0.1, 0.15) is 10.7 Å². The second-order valence-corrected chi connectivity index (χ2v) is 7.94. The van der Waals surface area contributed by atoms with Gasteiger partial charge in [0, 0.05) is 25.7 Å². The number of nitrogens with zero attached hydrogens (tertiary/aromatic N) is 2. The molecule has 0 radical (unpaired) electrons. The fraction of sp³-hybridized carbons (Fsp3) is 0.571. The lowest BCUT2D eigenvalue weighted by molar-refractivity contribution is -0.0840. The molecule has 2 aliphatic rings. The quantitative estimate of drug-likeness (QED) is 0.814. The monoisotopic (exact) mass is 348 g/mol. The van der Waals surface area contributed by atoms with Gasteiger partial charge in [0.05, 0.1) is 17.7 Å². The number of rotatable bonds is 2. The molecule has 1 aromatic carbocycles. The first-order valence-electron chi connectivity index (χ1n) is 7.17. The number of hydrogen-bond donors (Lipinski definition) is 0. The van der Waals surface area contributed by atoms with Crippen molar-refractivity contribution < 1.29 is 17.5 Å². The summed E-state index contributed by atoms with van der Waals surface area (Å²) in [5.74, 6) is -0.817. The highest BCUT2D eigenvalue weighted by molar-refractivity contribution is 7.89. The van der Waals surface area contributed by atoms with Gasteiger partial charge in [-0.1, -0.05) is 17.7 Å². The van der Waals surface area contributed by atoms with Gasteiger partial charge < -0.3 is 4.74 Å². The molecule has 5 nitrogen and oxygen atoms in total. The first-order valence-corrected chi connectivity index (χ1v) is 8.99. The molecule has 8 heteroatoms. The number of hydrogen-bond acceptors (Lipinski definition) is 4. The number of piperidine rings is 1. The Kier molecular flexibility index (Phi) is 4.44. The van der Waals surface area contributed by atoms with Crippen LogP contribution in [0.1, 0.15) is 6.42 Å². The highest BCUT2D eigenvalue weighted by atomic mass is 35.5. The first kappa shape index (κ1) is 16.1. The van der Waals surface area contributed by atoms with Gasteiger partial charge in [0.25, 0.3) is 0 Å². The predicted octanol–water partition coefficient (Wildman–Crippen LogP) is 1.57. The molecule has 2 saturated heterocycles. The third kappa shape index (κ3) is 2.76. The number of sulfonamides is 1. The third-order valence-corrected chi connectivity index (χ3v) is 6.71. The van der Waals surface area contributed by atoms with E-state index in [1.807, 2.05) is 7.05 Å². The Morgan fingerprint density at radius 1 is 1.36 bits per heavy atom. The van der Waals surface area contributed by atoms with Crippen LogP contribution in [-0.4, -0.2) is 63.1 Å². The van der Waals surface area contributed by atoms with Crippen LogP contribution in [0, 0.1) is 5.82 Å². The van der Waals surface area contributed by atoms with E-state index in [0.29, 0.717) is 19.6 Å².